The maximum atomic E-state index is 13.0. The van der Waals surface area contributed by atoms with Crippen LogP contribution >= 0.6 is 23.8 Å². The molecule has 2 aromatic rings. The third-order valence-electron chi connectivity index (χ3n) is 2.26. The molecule has 92 valence electrons. The molecule has 0 saturated carbocycles. The number of pyridine rings is 1. The molecular formula is C12H9ClFN3S. The number of anilines is 2. The molecule has 1 aromatic carbocycles. The standard InChI is InChI=1S/C12H9ClFN3S/c13-9-6-7(3-4-10(9)14)17-12-8(11(15)18)2-1-5-16-12/h1-6H,(H2,15,18)(H,16,17). The first-order valence-corrected chi connectivity index (χ1v) is 5.83. The monoisotopic (exact) mass is 281 g/mol. The molecule has 0 aliphatic carbocycles. The van der Waals surface area contributed by atoms with Crippen LogP contribution in [0.1, 0.15) is 5.56 Å². The second kappa shape index (κ2) is 5.29. The molecule has 3 nitrogen and oxygen atoms in total. The first kappa shape index (κ1) is 12.7. The van der Waals surface area contributed by atoms with E-state index in [4.69, 9.17) is 29.6 Å². The molecule has 1 heterocycles. The SMILES string of the molecule is NC(=S)c1cccnc1Nc1ccc(F)c(Cl)c1. The highest BCUT2D eigenvalue weighted by Gasteiger charge is 2.07. The van der Waals surface area contributed by atoms with Gasteiger partial charge in [-0.25, -0.2) is 9.37 Å². The van der Waals surface area contributed by atoms with Crippen LogP contribution in [0.4, 0.5) is 15.9 Å². The highest BCUT2D eigenvalue weighted by atomic mass is 35.5. The van der Waals surface area contributed by atoms with Crippen LogP contribution in [-0.4, -0.2) is 9.97 Å². The summed E-state index contributed by atoms with van der Waals surface area (Å²) >= 11 is 10.6. The van der Waals surface area contributed by atoms with Crippen LogP contribution < -0.4 is 11.1 Å². The zero-order chi connectivity index (χ0) is 13.1. The normalized spacial score (nSPS) is 10.1. The molecular weight excluding hydrogens is 273 g/mol. The van der Waals surface area contributed by atoms with Gasteiger partial charge in [-0.05, 0) is 30.3 Å². The number of nitrogens with one attached hydrogen (secondary N) is 1. The summed E-state index contributed by atoms with van der Waals surface area (Å²) in [5, 5.41) is 3.03. The van der Waals surface area contributed by atoms with Crippen molar-refractivity contribution < 1.29 is 4.39 Å². The van der Waals surface area contributed by atoms with Gasteiger partial charge in [-0.2, -0.15) is 0 Å². The number of hydrogen-bond donors (Lipinski definition) is 2. The number of benzene rings is 1. The van der Waals surface area contributed by atoms with Crippen molar-refractivity contribution in [2.75, 3.05) is 5.32 Å². The summed E-state index contributed by atoms with van der Waals surface area (Å²) in [6, 6.07) is 7.78. The van der Waals surface area contributed by atoms with Crippen molar-refractivity contribution in [3.8, 4) is 0 Å². The fourth-order valence-electron chi connectivity index (χ4n) is 1.41. The van der Waals surface area contributed by atoms with Crippen LogP contribution in [-0.2, 0) is 0 Å². The number of thiocarbonyl (C=S) groups is 1. The first-order valence-electron chi connectivity index (χ1n) is 5.05. The average molecular weight is 282 g/mol. The van der Waals surface area contributed by atoms with Gasteiger partial charge in [0.2, 0.25) is 0 Å². The van der Waals surface area contributed by atoms with Crippen molar-refractivity contribution in [3.63, 3.8) is 0 Å². The van der Waals surface area contributed by atoms with Crippen LogP contribution in [0.15, 0.2) is 36.5 Å². The molecule has 0 saturated heterocycles. The highest BCUT2D eigenvalue weighted by Crippen LogP contribution is 2.23. The highest BCUT2D eigenvalue weighted by molar-refractivity contribution is 7.80. The van der Waals surface area contributed by atoms with Crippen LogP contribution in [0.3, 0.4) is 0 Å². The smallest absolute Gasteiger partial charge is 0.141 e. The lowest BCUT2D eigenvalue weighted by molar-refractivity contribution is 0.628. The first-order chi connectivity index (χ1) is 8.58. The van der Waals surface area contributed by atoms with Gasteiger partial charge < -0.3 is 11.1 Å². The Bertz CT molecular complexity index is 604. The molecule has 0 fully saturated rings. The second-order valence-electron chi connectivity index (χ2n) is 3.52. The van der Waals surface area contributed by atoms with Gasteiger partial charge in [0.1, 0.15) is 16.6 Å². The minimum atomic E-state index is -0.474. The van der Waals surface area contributed by atoms with Crippen LogP contribution in [0.5, 0.6) is 0 Å². The van der Waals surface area contributed by atoms with Gasteiger partial charge in [-0.3, -0.25) is 0 Å². The number of aromatic nitrogens is 1. The third kappa shape index (κ3) is 2.75. The van der Waals surface area contributed by atoms with Crippen molar-refractivity contribution in [2.24, 2.45) is 5.73 Å². The van der Waals surface area contributed by atoms with Gasteiger partial charge in [-0.1, -0.05) is 23.8 Å². The van der Waals surface area contributed by atoms with E-state index < -0.39 is 5.82 Å². The summed E-state index contributed by atoms with van der Waals surface area (Å²) < 4.78 is 13.0. The minimum absolute atomic E-state index is 0.0350. The predicted octanol–water partition coefficient (Wildman–Crippen LogP) is 3.25. The molecule has 1 aromatic heterocycles. The molecule has 6 heteroatoms. The van der Waals surface area contributed by atoms with E-state index in [2.05, 4.69) is 10.3 Å². The maximum Gasteiger partial charge on any atom is 0.141 e. The summed E-state index contributed by atoms with van der Waals surface area (Å²) in [6.45, 7) is 0. The average Bonchev–Trinajstić information content (AvgIpc) is 2.34. The molecule has 0 amide bonds. The minimum Gasteiger partial charge on any atom is -0.389 e. The Morgan fingerprint density at radius 3 is 2.83 bits per heavy atom. The number of nitrogens with zero attached hydrogens (tertiary/aromatic N) is 1. The van der Waals surface area contributed by atoms with Gasteiger partial charge in [-0.15, -0.1) is 0 Å². The number of halogens is 2. The summed E-state index contributed by atoms with van der Waals surface area (Å²) in [7, 11) is 0. The maximum absolute atomic E-state index is 13.0. The lowest BCUT2D eigenvalue weighted by Crippen LogP contribution is -2.12. The quantitative estimate of drug-likeness (QED) is 0.848. The van der Waals surface area contributed by atoms with E-state index in [1.807, 2.05) is 0 Å². The van der Waals surface area contributed by atoms with Gasteiger partial charge in [0.15, 0.2) is 0 Å². The molecule has 0 unspecified atom stereocenters. The Hall–Kier alpha value is -1.72. The lowest BCUT2D eigenvalue weighted by atomic mass is 10.2. The summed E-state index contributed by atoms with van der Waals surface area (Å²) in [5.74, 6) is 0.0329. The van der Waals surface area contributed by atoms with Crippen molar-refractivity contribution >= 4 is 40.3 Å². The molecule has 3 N–H and O–H groups in total. The van der Waals surface area contributed by atoms with E-state index in [1.54, 1.807) is 24.4 Å². The van der Waals surface area contributed by atoms with Crippen LogP contribution in [0.25, 0.3) is 0 Å². The van der Waals surface area contributed by atoms with Gasteiger partial charge in [0.25, 0.3) is 0 Å². The fraction of sp³-hybridized carbons (Fsp3) is 0. The molecule has 2 rings (SSSR count). The summed E-state index contributed by atoms with van der Waals surface area (Å²) in [5.41, 5.74) is 6.81. The van der Waals surface area contributed by atoms with Crippen molar-refractivity contribution in [1.29, 1.82) is 0 Å². The molecule has 0 radical (unpaired) electrons. The Morgan fingerprint density at radius 1 is 1.39 bits per heavy atom. The lowest BCUT2D eigenvalue weighted by Gasteiger charge is -2.10. The van der Waals surface area contributed by atoms with E-state index in [0.717, 1.165) is 0 Å². The Balaban J connectivity index is 2.34. The van der Waals surface area contributed by atoms with Crippen molar-refractivity contribution in [2.45, 2.75) is 0 Å². The van der Waals surface area contributed by atoms with Crippen LogP contribution in [0.2, 0.25) is 5.02 Å². The van der Waals surface area contributed by atoms with Gasteiger partial charge in [0.05, 0.1) is 10.6 Å². The van der Waals surface area contributed by atoms with Crippen molar-refractivity contribution in [3.05, 3.63) is 52.9 Å². The summed E-state index contributed by atoms with van der Waals surface area (Å²) in [4.78, 5) is 4.37. The second-order valence-corrected chi connectivity index (χ2v) is 4.36. The zero-order valence-electron chi connectivity index (χ0n) is 9.15. The van der Waals surface area contributed by atoms with E-state index in [0.29, 0.717) is 17.1 Å². The van der Waals surface area contributed by atoms with Crippen LogP contribution in [0, 0.1) is 5.82 Å². The molecule has 0 spiro atoms. The Morgan fingerprint density at radius 2 is 2.17 bits per heavy atom. The van der Waals surface area contributed by atoms with E-state index in [9.17, 15) is 4.39 Å². The zero-order valence-corrected chi connectivity index (χ0v) is 10.7. The van der Waals surface area contributed by atoms with Crippen molar-refractivity contribution in [1.82, 2.24) is 4.98 Å². The number of hydrogen-bond acceptors (Lipinski definition) is 3. The summed E-state index contributed by atoms with van der Waals surface area (Å²) in [6.07, 6.45) is 1.61. The predicted molar refractivity (Wildman–Crippen MR) is 74.8 cm³/mol. The van der Waals surface area contributed by atoms with E-state index >= 15 is 0 Å². The molecule has 0 bridgehead atoms. The van der Waals surface area contributed by atoms with E-state index in [-0.39, 0.29) is 10.0 Å². The molecule has 18 heavy (non-hydrogen) atoms. The largest absolute Gasteiger partial charge is 0.389 e. The topological polar surface area (TPSA) is 50.9 Å². The third-order valence-corrected chi connectivity index (χ3v) is 2.77. The molecule has 0 aliphatic heterocycles. The fourth-order valence-corrected chi connectivity index (χ4v) is 1.76. The molecule has 0 aliphatic rings. The Labute approximate surface area is 114 Å². The van der Waals surface area contributed by atoms with Gasteiger partial charge in [0, 0.05) is 11.9 Å². The Kier molecular flexibility index (Phi) is 3.74. The molecule has 0 atom stereocenters. The number of nitrogens with two attached hydrogens (primary N) is 1. The van der Waals surface area contributed by atoms with E-state index in [1.165, 1.54) is 12.1 Å². The van der Waals surface area contributed by atoms with Gasteiger partial charge >= 0.3 is 0 Å². The number of rotatable bonds is 3.